The van der Waals surface area contributed by atoms with Gasteiger partial charge >= 0.3 is 0 Å². The predicted octanol–water partition coefficient (Wildman–Crippen LogP) is 6.00. The lowest BCUT2D eigenvalue weighted by Crippen LogP contribution is -2.32. The third-order valence-electron chi connectivity index (χ3n) is 4.83. The number of hydrogen-bond acceptors (Lipinski definition) is 6. The number of imide groups is 1. The van der Waals surface area contributed by atoms with Gasteiger partial charge in [-0.15, -0.1) is 0 Å². The molecule has 2 amide bonds. The number of carbonyl (C=O) groups excluding carboxylic acids is 2. The summed E-state index contributed by atoms with van der Waals surface area (Å²) in [5.41, 5.74) is 1.03. The van der Waals surface area contributed by atoms with Crippen LogP contribution in [0.5, 0.6) is 11.5 Å². The Morgan fingerprint density at radius 2 is 1.45 bits per heavy atom. The van der Waals surface area contributed by atoms with Crippen LogP contribution in [0, 0.1) is 0 Å². The summed E-state index contributed by atoms with van der Waals surface area (Å²) in [5.74, 6) is 0.108. The number of amides is 2. The number of benzene rings is 3. The normalized spacial score (nSPS) is 13.5. The van der Waals surface area contributed by atoms with Crippen LogP contribution in [0.1, 0.15) is 0 Å². The number of thioether (sulfide) groups is 1. The Morgan fingerprint density at radius 3 is 2.06 bits per heavy atom. The second-order valence-corrected chi connectivity index (χ2v) is 8.83. The van der Waals surface area contributed by atoms with Crippen LogP contribution in [-0.4, -0.2) is 26.0 Å². The van der Waals surface area contributed by atoms with Crippen molar-refractivity contribution >= 4 is 58.2 Å². The Balaban J connectivity index is 1.78. The first-order chi connectivity index (χ1) is 15.9. The zero-order valence-corrected chi connectivity index (χ0v) is 19.9. The Bertz CT molecular complexity index is 1240. The number of ether oxygens (including phenoxy) is 2. The number of nitrogens with one attached hydrogen (secondary N) is 1. The zero-order valence-electron chi connectivity index (χ0n) is 17.6. The molecule has 0 aliphatic carbocycles. The molecule has 1 N–H and O–H groups in total. The number of rotatable bonds is 7. The van der Waals surface area contributed by atoms with E-state index in [1.807, 2.05) is 0 Å². The molecular formula is C24H18Cl2N2O4S. The van der Waals surface area contributed by atoms with Crippen molar-refractivity contribution in [1.29, 1.82) is 0 Å². The van der Waals surface area contributed by atoms with Gasteiger partial charge in [0.2, 0.25) is 0 Å². The van der Waals surface area contributed by atoms with E-state index in [1.54, 1.807) is 73.8 Å². The lowest BCUT2D eigenvalue weighted by atomic mass is 10.2. The third-order valence-corrected chi connectivity index (χ3v) is 6.42. The predicted molar refractivity (Wildman–Crippen MR) is 131 cm³/mol. The summed E-state index contributed by atoms with van der Waals surface area (Å²) >= 11 is 13.2. The summed E-state index contributed by atoms with van der Waals surface area (Å²) in [6, 6.07) is 18.7. The molecule has 0 fully saturated rings. The largest absolute Gasteiger partial charge is 0.497 e. The standard InChI is InChI=1S/C24H18Cl2N2O4S/c1-31-17-9-12-20(32-2)19(13-17)27-21-22(33-18-10-5-15(26)6-11-18)24(30)28(23(21)29)16-7-3-14(25)4-8-16/h3-13,27H,1-2H3. The first-order valence-electron chi connectivity index (χ1n) is 9.72. The molecule has 0 unspecified atom stereocenters. The van der Waals surface area contributed by atoms with Crippen LogP contribution in [0.4, 0.5) is 11.4 Å². The van der Waals surface area contributed by atoms with Crippen molar-refractivity contribution in [2.24, 2.45) is 0 Å². The van der Waals surface area contributed by atoms with Gasteiger partial charge in [0.25, 0.3) is 11.8 Å². The van der Waals surface area contributed by atoms with Gasteiger partial charge in [-0.2, -0.15) is 0 Å². The summed E-state index contributed by atoms with van der Waals surface area (Å²) < 4.78 is 10.7. The SMILES string of the molecule is COc1ccc(OC)c(NC2=C(Sc3ccc(Cl)cc3)C(=O)N(c3ccc(Cl)cc3)C2=O)c1. The van der Waals surface area contributed by atoms with E-state index < -0.39 is 11.8 Å². The van der Waals surface area contributed by atoms with Crippen LogP contribution in [0.3, 0.4) is 0 Å². The highest BCUT2D eigenvalue weighted by atomic mass is 35.5. The zero-order chi connectivity index (χ0) is 23.5. The van der Waals surface area contributed by atoms with Gasteiger partial charge in [0.1, 0.15) is 22.1 Å². The average Bonchev–Trinajstić information content (AvgIpc) is 3.05. The molecule has 3 aromatic rings. The number of hydrogen-bond donors (Lipinski definition) is 1. The maximum Gasteiger partial charge on any atom is 0.283 e. The minimum atomic E-state index is -0.497. The van der Waals surface area contributed by atoms with Crippen LogP contribution in [-0.2, 0) is 9.59 Å². The third kappa shape index (κ3) is 4.80. The quantitative estimate of drug-likeness (QED) is 0.401. The van der Waals surface area contributed by atoms with Crippen molar-refractivity contribution in [3.8, 4) is 11.5 Å². The maximum atomic E-state index is 13.5. The molecule has 9 heteroatoms. The maximum absolute atomic E-state index is 13.5. The highest BCUT2D eigenvalue weighted by Crippen LogP contribution is 2.40. The van der Waals surface area contributed by atoms with Crippen molar-refractivity contribution in [2.45, 2.75) is 4.90 Å². The van der Waals surface area contributed by atoms with Crippen LogP contribution >= 0.6 is 35.0 Å². The summed E-state index contributed by atoms with van der Waals surface area (Å²) in [6.07, 6.45) is 0. The van der Waals surface area contributed by atoms with Gasteiger partial charge in [-0.05, 0) is 60.7 Å². The Kier molecular flexibility index (Phi) is 6.83. The van der Waals surface area contributed by atoms with Gasteiger partial charge in [0, 0.05) is 21.0 Å². The molecule has 0 saturated carbocycles. The molecule has 4 rings (SSSR count). The monoisotopic (exact) mass is 500 g/mol. The second-order valence-electron chi connectivity index (χ2n) is 6.87. The van der Waals surface area contributed by atoms with Crippen molar-refractivity contribution in [2.75, 3.05) is 24.4 Å². The van der Waals surface area contributed by atoms with E-state index in [4.69, 9.17) is 32.7 Å². The molecule has 1 aliphatic rings. The minimum Gasteiger partial charge on any atom is -0.497 e. The van der Waals surface area contributed by atoms with Crippen LogP contribution in [0.2, 0.25) is 10.0 Å². The van der Waals surface area contributed by atoms with Crippen molar-refractivity contribution in [3.63, 3.8) is 0 Å². The summed E-state index contributed by atoms with van der Waals surface area (Å²) in [6.45, 7) is 0. The number of nitrogens with zero attached hydrogens (tertiary/aromatic N) is 1. The Morgan fingerprint density at radius 1 is 0.818 bits per heavy atom. The number of methoxy groups -OCH3 is 2. The van der Waals surface area contributed by atoms with Gasteiger partial charge in [-0.3, -0.25) is 9.59 Å². The summed E-state index contributed by atoms with van der Waals surface area (Å²) in [4.78, 5) is 29.0. The highest BCUT2D eigenvalue weighted by molar-refractivity contribution is 8.04. The van der Waals surface area contributed by atoms with E-state index in [2.05, 4.69) is 5.32 Å². The molecule has 33 heavy (non-hydrogen) atoms. The first-order valence-corrected chi connectivity index (χ1v) is 11.3. The molecule has 0 atom stereocenters. The Labute approximate surface area is 205 Å². The molecule has 1 aliphatic heterocycles. The topological polar surface area (TPSA) is 67.9 Å². The number of halogens is 2. The smallest absolute Gasteiger partial charge is 0.283 e. The van der Waals surface area contributed by atoms with Gasteiger partial charge in [-0.1, -0.05) is 35.0 Å². The number of carbonyl (C=O) groups is 2. The van der Waals surface area contributed by atoms with Crippen molar-refractivity contribution < 1.29 is 19.1 Å². The Hall–Kier alpha value is -3.13. The van der Waals surface area contributed by atoms with Gasteiger partial charge in [-0.25, -0.2) is 4.90 Å². The van der Waals surface area contributed by atoms with E-state index in [-0.39, 0.29) is 10.6 Å². The summed E-state index contributed by atoms with van der Waals surface area (Å²) in [7, 11) is 3.06. The van der Waals surface area contributed by atoms with E-state index in [1.165, 1.54) is 18.9 Å². The summed E-state index contributed by atoms with van der Waals surface area (Å²) in [5, 5.41) is 4.17. The van der Waals surface area contributed by atoms with E-state index in [0.717, 1.165) is 9.80 Å². The van der Waals surface area contributed by atoms with Gasteiger partial charge in [0.05, 0.1) is 25.6 Å². The average molecular weight is 501 g/mol. The van der Waals surface area contributed by atoms with E-state index in [9.17, 15) is 9.59 Å². The van der Waals surface area contributed by atoms with Crippen molar-refractivity contribution in [3.05, 3.63) is 87.4 Å². The molecule has 168 valence electrons. The molecule has 3 aromatic carbocycles. The van der Waals surface area contributed by atoms with Crippen LogP contribution < -0.4 is 19.7 Å². The molecule has 0 bridgehead atoms. The van der Waals surface area contributed by atoms with Crippen molar-refractivity contribution in [1.82, 2.24) is 0 Å². The van der Waals surface area contributed by atoms with E-state index >= 15 is 0 Å². The molecular weight excluding hydrogens is 483 g/mol. The molecule has 0 aromatic heterocycles. The first kappa shape index (κ1) is 23.0. The molecule has 6 nitrogen and oxygen atoms in total. The molecule has 0 radical (unpaired) electrons. The molecule has 1 heterocycles. The lowest BCUT2D eigenvalue weighted by molar-refractivity contribution is -0.120. The van der Waals surface area contributed by atoms with Gasteiger partial charge in [0.15, 0.2) is 0 Å². The molecule has 0 spiro atoms. The van der Waals surface area contributed by atoms with Crippen LogP contribution in [0.15, 0.2) is 82.2 Å². The van der Waals surface area contributed by atoms with E-state index in [0.29, 0.717) is 32.9 Å². The second kappa shape index (κ2) is 9.79. The number of anilines is 2. The minimum absolute atomic E-state index is 0.126. The van der Waals surface area contributed by atoms with Gasteiger partial charge < -0.3 is 14.8 Å². The fraction of sp³-hybridized carbons (Fsp3) is 0.0833. The highest BCUT2D eigenvalue weighted by Gasteiger charge is 2.40. The lowest BCUT2D eigenvalue weighted by Gasteiger charge is -2.16. The van der Waals surface area contributed by atoms with Crippen LogP contribution in [0.25, 0.3) is 0 Å². The molecule has 0 saturated heterocycles. The fourth-order valence-electron chi connectivity index (χ4n) is 3.21. The fourth-order valence-corrected chi connectivity index (χ4v) is 4.38.